The number of hydrogen-bond acceptors (Lipinski definition) is 4. The number of thiophene rings is 1. The molecule has 106 valence electrons. The van der Waals surface area contributed by atoms with Crippen LogP contribution in [0.2, 0.25) is 0 Å². The molecule has 1 aliphatic rings. The van der Waals surface area contributed by atoms with Crippen LogP contribution in [-0.4, -0.2) is 15.3 Å². The van der Waals surface area contributed by atoms with E-state index in [0.717, 1.165) is 29.5 Å². The third-order valence-electron chi connectivity index (χ3n) is 3.84. The van der Waals surface area contributed by atoms with E-state index in [-0.39, 0.29) is 17.9 Å². The van der Waals surface area contributed by atoms with Gasteiger partial charge < -0.3 is 0 Å². The van der Waals surface area contributed by atoms with Gasteiger partial charge in [0, 0.05) is 10.3 Å². The van der Waals surface area contributed by atoms with Gasteiger partial charge in [0.15, 0.2) is 5.78 Å². The van der Waals surface area contributed by atoms with Gasteiger partial charge in [0.1, 0.15) is 4.83 Å². The quantitative estimate of drug-likeness (QED) is 0.854. The summed E-state index contributed by atoms with van der Waals surface area (Å²) in [5.74, 6) is 0.0487. The third kappa shape index (κ3) is 2.10. The minimum atomic E-state index is -0.439. The van der Waals surface area contributed by atoms with E-state index >= 15 is 0 Å². The van der Waals surface area contributed by atoms with Crippen LogP contribution in [-0.2, 0) is 24.2 Å². The lowest BCUT2D eigenvalue weighted by molar-refractivity contribution is -0.126. The summed E-state index contributed by atoms with van der Waals surface area (Å²) in [5.41, 5.74) is 0.664. The molecule has 0 atom stereocenters. The number of nitrogens with zero attached hydrogens (tertiary/aromatic N) is 2. The van der Waals surface area contributed by atoms with Crippen molar-refractivity contribution >= 4 is 27.3 Å². The van der Waals surface area contributed by atoms with Crippen molar-refractivity contribution in [3.63, 3.8) is 0 Å². The van der Waals surface area contributed by atoms with E-state index < -0.39 is 5.41 Å². The van der Waals surface area contributed by atoms with Gasteiger partial charge in [-0.25, -0.2) is 4.98 Å². The van der Waals surface area contributed by atoms with Crippen molar-refractivity contribution in [3.05, 3.63) is 27.1 Å². The van der Waals surface area contributed by atoms with E-state index in [4.69, 9.17) is 0 Å². The zero-order valence-electron chi connectivity index (χ0n) is 12.0. The lowest BCUT2D eigenvalue weighted by Crippen LogP contribution is -2.30. The Morgan fingerprint density at radius 3 is 2.85 bits per heavy atom. The first-order valence-corrected chi connectivity index (χ1v) is 7.72. The number of rotatable bonds is 2. The molecule has 0 aromatic carbocycles. The fraction of sp³-hybridized carbons (Fsp3) is 0.533. The smallest absolute Gasteiger partial charge is 0.262 e. The molecule has 0 spiro atoms. The van der Waals surface area contributed by atoms with Crippen molar-refractivity contribution in [1.82, 2.24) is 9.55 Å². The highest BCUT2D eigenvalue weighted by molar-refractivity contribution is 7.18. The normalized spacial score (nSPS) is 14.8. The maximum absolute atomic E-state index is 12.6. The van der Waals surface area contributed by atoms with Crippen molar-refractivity contribution < 1.29 is 4.79 Å². The van der Waals surface area contributed by atoms with Gasteiger partial charge in [-0.1, -0.05) is 20.8 Å². The minimum absolute atomic E-state index is 0.0487. The Balaban J connectivity index is 2.08. The maximum Gasteiger partial charge on any atom is 0.262 e. The van der Waals surface area contributed by atoms with Crippen LogP contribution in [0.4, 0.5) is 0 Å². The molecular formula is C15H18N2O2S. The van der Waals surface area contributed by atoms with Crippen LogP contribution >= 0.6 is 11.3 Å². The number of carbonyl (C=O) groups excluding carboxylic acids is 1. The van der Waals surface area contributed by atoms with Crippen LogP contribution < -0.4 is 5.56 Å². The Kier molecular flexibility index (Phi) is 3.05. The van der Waals surface area contributed by atoms with E-state index in [1.807, 2.05) is 20.8 Å². The highest BCUT2D eigenvalue weighted by Crippen LogP contribution is 2.34. The van der Waals surface area contributed by atoms with E-state index in [2.05, 4.69) is 4.98 Å². The molecule has 0 radical (unpaired) electrons. The summed E-state index contributed by atoms with van der Waals surface area (Å²) in [5, 5.41) is 0.742. The molecule has 2 heterocycles. The third-order valence-corrected chi connectivity index (χ3v) is 5.04. The predicted octanol–water partition coefficient (Wildman–Crippen LogP) is 2.56. The fourth-order valence-electron chi connectivity index (χ4n) is 2.52. The van der Waals surface area contributed by atoms with Gasteiger partial charge in [-0.3, -0.25) is 14.2 Å². The van der Waals surface area contributed by atoms with Gasteiger partial charge in [0.25, 0.3) is 5.56 Å². The molecule has 0 N–H and O–H groups in total. The monoisotopic (exact) mass is 290 g/mol. The number of aromatic nitrogens is 2. The summed E-state index contributed by atoms with van der Waals surface area (Å²) < 4.78 is 1.46. The van der Waals surface area contributed by atoms with Crippen LogP contribution in [0.15, 0.2) is 11.1 Å². The fourth-order valence-corrected chi connectivity index (χ4v) is 3.74. The minimum Gasteiger partial charge on any atom is -0.297 e. The van der Waals surface area contributed by atoms with Gasteiger partial charge in [-0.15, -0.1) is 11.3 Å². The van der Waals surface area contributed by atoms with Gasteiger partial charge in [0.05, 0.1) is 18.3 Å². The first-order chi connectivity index (χ1) is 9.38. The molecule has 20 heavy (non-hydrogen) atoms. The van der Waals surface area contributed by atoms with E-state index in [9.17, 15) is 9.59 Å². The molecule has 0 bridgehead atoms. The van der Waals surface area contributed by atoms with Crippen molar-refractivity contribution in [2.75, 3.05) is 0 Å². The topological polar surface area (TPSA) is 52.0 Å². The van der Waals surface area contributed by atoms with Gasteiger partial charge in [-0.05, 0) is 24.8 Å². The number of hydrogen-bond donors (Lipinski definition) is 0. The second-order valence-corrected chi connectivity index (χ2v) is 7.47. The largest absolute Gasteiger partial charge is 0.297 e. The average molecular weight is 290 g/mol. The number of fused-ring (bicyclic) bond motifs is 3. The number of aryl methyl sites for hydroxylation is 2. The second-order valence-electron chi connectivity index (χ2n) is 6.39. The van der Waals surface area contributed by atoms with Crippen LogP contribution in [0.25, 0.3) is 10.2 Å². The summed E-state index contributed by atoms with van der Waals surface area (Å²) in [6, 6.07) is 0. The van der Waals surface area contributed by atoms with Crippen molar-refractivity contribution in [1.29, 1.82) is 0 Å². The number of Topliss-reactive ketones (excluding diaryl/α,β-unsaturated/α-hetero) is 1. The lowest BCUT2D eigenvalue weighted by Gasteiger charge is -2.17. The Bertz CT molecular complexity index is 750. The first-order valence-electron chi connectivity index (χ1n) is 6.91. The predicted molar refractivity (Wildman–Crippen MR) is 80.4 cm³/mol. The molecule has 4 nitrogen and oxygen atoms in total. The van der Waals surface area contributed by atoms with E-state index in [1.165, 1.54) is 21.3 Å². The number of carbonyl (C=O) groups is 1. The summed E-state index contributed by atoms with van der Waals surface area (Å²) in [6.45, 7) is 5.72. The van der Waals surface area contributed by atoms with Gasteiger partial charge in [0.2, 0.25) is 0 Å². The summed E-state index contributed by atoms with van der Waals surface area (Å²) >= 11 is 1.62. The molecule has 3 rings (SSSR count). The standard InChI is InChI=1S/C15H18N2O2S/c1-15(2,3)11(18)7-17-8-16-13-12(14(17)19)9-5-4-6-10(9)20-13/h8H,4-7H2,1-3H3. The molecule has 0 aliphatic heterocycles. The Morgan fingerprint density at radius 2 is 2.15 bits per heavy atom. The zero-order valence-corrected chi connectivity index (χ0v) is 12.8. The van der Waals surface area contributed by atoms with Crippen LogP contribution in [0.5, 0.6) is 0 Å². The Hall–Kier alpha value is -1.49. The van der Waals surface area contributed by atoms with Gasteiger partial charge >= 0.3 is 0 Å². The molecule has 2 aromatic rings. The van der Waals surface area contributed by atoms with Crippen molar-refractivity contribution in [2.45, 2.75) is 46.6 Å². The van der Waals surface area contributed by atoms with Crippen LogP contribution in [0.1, 0.15) is 37.6 Å². The maximum atomic E-state index is 12.6. The summed E-state index contributed by atoms with van der Waals surface area (Å²) in [4.78, 5) is 31.2. The second kappa shape index (κ2) is 4.52. The molecule has 0 unspecified atom stereocenters. The van der Waals surface area contributed by atoms with Crippen molar-refractivity contribution in [3.8, 4) is 0 Å². The zero-order chi connectivity index (χ0) is 14.5. The van der Waals surface area contributed by atoms with E-state index in [0.29, 0.717) is 0 Å². The molecule has 0 fully saturated rings. The summed E-state index contributed by atoms with van der Waals surface area (Å²) in [7, 11) is 0. The SMILES string of the molecule is CC(C)(C)C(=O)Cn1cnc2sc3c(c2c1=O)CCC3. The molecule has 0 saturated carbocycles. The number of ketones is 1. The molecular weight excluding hydrogens is 272 g/mol. The first kappa shape index (κ1) is 13.5. The lowest BCUT2D eigenvalue weighted by atomic mass is 9.91. The molecule has 1 aliphatic carbocycles. The molecule has 5 heteroatoms. The Morgan fingerprint density at radius 1 is 1.40 bits per heavy atom. The highest BCUT2D eigenvalue weighted by atomic mass is 32.1. The Labute approximate surface area is 121 Å². The summed E-state index contributed by atoms with van der Waals surface area (Å²) in [6.07, 6.45) is 4.65. The highest BCUT2D eigenvalue weighted by Gasteiger charge is 2.24. The molecule has 0 amide bonds. The van der Waals surface area contributed by atoms with E-state index in [1.54, 1.807) is 11.3 Å². The van der Waals surface area contributed by atoms with Crippen LogP contribution in [0.3, 0.4) is 0 Å². The molecule has 0 saturated heterocycles. The molecule has 2 aromatic heterocycles. The average Bonchev–Trinajstić information content (AvgIpc) is 2.91. The van der Waals surface area contributed by atoms with Crippen LogP contribution in [0, 0.1) is 5.41 Å². The van der Waals surface area contributed by atoms with Crippen molar-refractivity contribution in [2.24, 2.45) is 5.41 Å². The van der Waals surface area contributed by atoms with Gasteiger partial charge in [-0.2, -0.15) is 0 Å².